The number of benzene rings is 2. The molecular weight excluding hydrogens is 359 g/mol. The molecular formula is C18H17FN2O2S2. The van der Waals surface area contributed by atoms with Gasteiger partial charge in [0, 0.05) is 17.0 Å². The van der Waals surface area contributed by atoms with Crippen LogP contribution in [0.25, 0.3) is 10.6 Å². The van der Waals surface area contributed by atoms with Crippen LogP contribution >= 0.6 is 11.3 Å². The van der Waals surface area contributed by atoms with E-state index in [0.717, 1.165) is 21.1 Å². The van der Waals surface area contributed by atoms with E-state index in [0.29, 0.717) is 13.0 Å². The highest BCUT2D eigenvalue weighted by molar-refractivity contribution is 7.89. The molecule has 0 aliphatic carbocycles. The number of rotatable bonds is 6. The molecule has 4 nitrogen and oxygen atoms in total. The Morgan fingerprint density at radius 1 is 1.08 bits per heavy atom. The maximum absolute atomic E-state index is 13.0. The number of aromatic nitrogens is 1. The zero-order valence-corrected chi connectivity index (χ0v) is 15.2. The smallest absolute Gasteiger partial charge is 0.240 e. The second-order valence-corrected chi connectivity index (χ2v) is 8.35. The Labute approximate surface area is 150 Å². The van der Waals surface area contributed by atoms with Crippen LogP contribution in [0.3, 0.4) is 0 Å². The summed E-state index contributed by atoms with van der Waals surface area (Å²) in [6.07, 6.45) is 0.552. The Morgan fingerprint density at radius 2 is 1.76 bits per heavy atom. The van der Waals surface area contributed by atoms with Gasteiger partial charge in [-0.3, -0.25) is 0 Å². The first-order valence-corrected chi connectivity index (χ1v) is 10.0. The van der Waals surface area contributed by atoms with Gasteiger partial charge in [0.1, 0.15) is 10.8 Å². The van der Waals surface area contributed by atoms with Crippen molar-refractivity contribution in [3.8, 4) is 10.6 Å². The number of halogens is 1. The summed E-state index contributed by atoms with van der Waals surface area (Å²) in [5, 5.41) is 0.804. The fraction of sp³-hybridized carbons (Fsp3) is 0.167. The third kappa shape index (κ3) is 4.31. The summed E-state index contributed by atoms with van der Waals surface area (Å²) < 4.78 is 40.0. The highest BCUT2D eigenvalue weighted by Gasteiger charge is 2.14. The Balaban J connectivity index is 1.67. The lowest BCUT2D eigenvalue weighted by Crippen LogP contribution is -2.25. The third-order valence-electron chi connectivity index (χ3n) is 3.68. The van der Waals surface area contributed by atoms with Gasteiger partial charge in [0.2, 0.25) is 10.0 Å². The molecule has 130 valence electrons. The van der Waals surface area contributed by atoms with Crippen molar-refractivity contribution in [2.75, 3.05) is 6.54 Å². The van der Waals surface area contributed by atoms with Gasteiger partial charge in [-0.25, -0.2) is 22.5 Å². The number of thiazole rings is 1. The van der Waals surface area contributed by atoms with E-state index in [1.165, 1.54) is 23.5 Å². The van der Waals surface area contributed by atoms with Crippen LogP contribution < -0.4 is 4.72 Å². The second kappa shape index (κ2) is 7.43. The number of aryl methyl sites for hydroxylation is 1. The predicted octanol–water partition coefficient (Wildman–Crippen LogP) is 3.78. The summed E-state index contributed by atoms with van der Waals surface area (Å²) in [6, 6.07) is 14.5. The van der Waals surface area contributed by atoms with Crippen molar-refractivity contribution in [3.63, 3.8) is 0 Å². The Kier molecular flexibility index (Phi) is 5.27. The molecule has 0 radical (unpaired) electrons. The monoisotopic (exact) mass is 376 g/mol. The van der Waals surface area contributed by atoms with Gasteiger partial charge in [-0.05, 0) is 49.7 Å². The average molecular weight is 376 g/mol. The van der Waals surface area contributed by atoms with Gasteiger partial charge in [-0.2, -0.15) is 0 Å². The van der Waals surface area contributed by atoms with Crippen LogP contribution in [-0.2, 0) is 16.4 Å². The molecule has 1 heterocycles. The summed E-state index contributed by atoms with van der Waals surface area (Å²) >= 11 is 1.50. The molecule has 3 aromatic rings. The quantitative estimate of drug-likeness (QED) is 0.712. The van der Waals surface area contributed by atoms with Gasteiger partial charge in [0.15, 0.2) is 0 Å². The lowest BCUT2D eigenvalue weighted by Gasteiger charge is -2.05. The number of nitrogens with zero attached hydrogens (tertiary/aromatic N) is 1. The molecule has 1 N–H and O–H groups in total. The SMILES string of the molecule is Cc1nc(-c2ccc(F)cc2)sc1CCNS(=O)(=O)c1ccccc1. The summed E-state index contributed by atoms with van der Waals surface area (Å²) in [5.41, 5.74) is 1.72. The normalized spacial score (nSPS) is 11.6. The minimum absolute atomic E-state index is 0.253. The standard InChI is InChI=1S/C18H17FN2O2S2/c1-13-17(24-18(21-13)14-7-9-15(19)10-8-14)11-12-20-25(22,23)16-5-3-2-4-6-16/h2-10,20H,11-12H2,1H3. The maximum Gasteiger partial charge on any atom is 0.240 e. The number of nitrogens with one attached hydrogen (secondary N) is 1. The van der Waals surface area contributed by atoms with E-state index in [1.807, 2.05) is 6.92 Å². The molecule has 0 saturated carbocycles. The van der Waals surface area contributed by atoms with E-state index in [2.05, 4.69) is 9.71 Å². The molecule has 0 aliphatic heterocycles. The first-order chi connectivity index (χ1) is 12.0. The highest BCUT2D eigenvalue weighted by Crippen LogP contribution is 2.28. The summed E-state index contributed by atoms with van der Waals surface area (Å²) in [6.45, 7) is 2.19. The van der Waals surface area contributed by atoms with Crippen molar-refractivity contribution in [2.24, 2.45) is 0 Å². The van der Waals surface area contributed by atoms with E-state index >= 15 is 0 Å². The first kappa shape index (κ1) is 17.7. The molecule has 0 spiro atoms. The van der Waals surface area contributed by atoms with Crippen LogP contribution in [0.2, 0.25) is 0 Å². The molecule has 2 aromatic carbocycles. The van der Waals surface area contributed by atoms with Gasteiger partial charge in [-0.1, -0.05) is 18.2 Å². The first-order valence-electron chi connectivity index (χ1n) is 7.73. The zero-order valence-electron chi connectivity index (χ0n) is 13.6. The van der Waals surface area contributed by atoms with Crippen molar-refractivity contribution >= 4 is 21.4 Å². The van der Waals surface area contributed by atoms with Crippen molar-refractivity contribution in [2.45, 2.75) is 18.2 Å². The highest BCUT2D eigenvalue weighted by atomic mass is 32.2. The van der Waals surface area contributed by atoms with Crippen molar-refractivity contribution in [1.29, 1.82) is 0 Å². The van der Waals surface area contributed by atoms with Gasteiger partial charge in [0.05, 0.1) is 10.6 Å². The lowest BCUT2D eigenvalue weighted by molar-refractivity contribution is 0.581. The number of hydrogen-bond donors (Lipinski definition) is 1. The number of hydrogen-bond acceptors (Lipinski definition) is 4. The molecule has 7 heteroatoms. The number of sulfonamides is 1. The van der Waals surface area contributed by atoms with Gasteiger partial charge in [0.25, 0.3) is 0 Å². The minimum Gasteiger partial charge on any atom is -0.241 e. The molecule has 1 aromatic heterocycles. The minimum atomic E-state index is -3.50. The van der Waals surface area contributed by atoms with Gasteiger partial charge >= 0.3 is 0 Å². The fourth-order valence-electron chi connectivity index (χ4n) is 2.36. The van der Waals surface area contributed by atoms with Crippen molar-refractivity contribution in [1.82, 2.24) is 9.71 Å². The summed E-state index contributed by atoms with van der Waals surface area (Å²) in [7, 11) is -3.50. The van der Waals surface area contributed by atoms with Crippen LogP contribution in [0.1, 0.15) is 10.6 Å². The van der Waals surface area contributed by atoms with E-state index in [1.54, 1.807) is 42.5 Å². The molecule has 0 aliphatic rings. The molecule has 25 heavy (non-hydrogen) atoms. The fourth-order valence-corrected chi connectivity index (χ4v) is 4.48. The van der Waals surface area contributed by atoms with E-state index in [-0.39, 0.29) is 10.7 Å². The van der Waals surface area contributed by atoms with Crippen LogP contribution in [-0.4, -0.2) is 19.9 Å². The average Bonchev–Trinajstić information content (AvgIpc) is 2.97. The van der Waals surface area contributed by atoms with Crippen molar-refractivity contribution < 1.29 is 12.8 Å². The molecule has 0 saturated heterocycles. The molecule has 3 rings (SSSR count). The van der Waals surface area contributed by atoms with Crippen LogP contribution in [0.4, 0.5) is 4.39 Å². The molecule has 0 unspecified atom stereocenters. The van der Waals surface area contributed by atoms with Gasteiger partial charge < -0.3 is 0 Å². The second-order valence-electron chi connectivity index (χ2n) is 5.50. The predicted molar refractivity (Wildman–Crippen MR) is 97.6 cm³/mol. The van der Waals surface area contributed by atoms with Crippen LogP contribution in [0.15, 0.2) is 59.5 Å². The maximum atomic E-state index is 13.0. The van der Waals surface area contributed by atoms with Gasteiger partial charge in [-0.15, -0.1) is 11.3 Å². The van der Waals surface area contributed by atoms with E-state index < -0.39 is 10.0 Å². The Bertz CT molecular complexity index is 953. The lowest BCUT2D eigenvalue weighted by atomic mass is 10.2. The van der Waals surface area contributed by atoms with Crippen LogP contribution in [0, 0.1) is 12.7 Å². The molecule has 0 fully saturated rings. The zero-order chi connectivity index (χ0) is 17.9. The molecule has 0 amide bonds. The topological polar surface area (TPSA) is 59.1 Å². The molecule has 0 bridgehead atoms. The summed E-state index contributed by atoms with van der Waals surface area (Å²) in [4.78, 5) is 5.76. The van der Waals surface area contributed by atoms with E-state index in [4.69, 9.17) is 0 Å². The Hall–Kier alpha value is -2.09. The third-order valence-corrected chi connectivity index (χ3v) is 6.42. The van der Waals surface area contributed by atoms with Crippen molar-refractivity contribution in [3.05, 3.63) is 71.0 Å². The largest absolute Gasteiger partial charge is 0.241 e. The molecule has 0 atom stereocenters. The Morgan fingerprint density at radius 3 is 2.44 bits per heavy atom. The van der Waals surface area contributed by atoms with E-state index in [9.17, 15) is 12.8 Å². The summed E-state index contributed by atoms with van der Waals surface area (Å²) in [5.74, 6) is -0.285. The van der Waals surface area contributed by atoms with Crippen LogP contribution in [0.5, 0.6) is 0 Å².